The highest BCUT2D eigenvalue weighted by atomic mass is 32.1. The normalized spacial score (nSPS) is 40.5. The second kappa shape index (κ2) is 8.40. The Morgan fingerprint density at radius 1 is 0.765 bits per heavy atom. The molecule has 0 radical (unpaired) electrons. The van der Waals surface area contributed by atoms with Crippen LogP contribution in [0.25, 0.3) is 0 Å². The number of aliphatic imine (C=N–C) groups is 1. The van der Waals surface area contributed by atoms with Gasteiger partial charge in [0.05, 0.1) is 16.6 Å². The molecule has 2 saturated heterocycles. The Bertz CT molecular complexity index is 921. The average molecular weight is 476 g/mol. The predicted molar refractivity (Wildman–Crippen MR) is 145 cm³/mol. The van der Waals surface area contributed by atoms with E-state index in [0.29, 0.717) is 6.04 Å². The summed E-state index contributed by atoms with van der Waals surface area (Å²) in [4.78, 5) is 12.5. The van der Waals surface area contributed by atoms with Crippen LogP contribution in [-0.4, -0.2) is 40.4 Å². The van der Waals surface area contributed by atoms with Crippen LogP contribution in [0.15, 0.2) is 35.3 Å². The maximum atomic E-state index is 6.51. The highest BCUT2D eigenvalue weighted by molar-refractivity contribution is 7.80. The number of para-hydroxylation sites is 1. The van der Waals surface area contributed by atoms with E-state index in [0.717, 1.165) is 17.8 Å². The lowest BCUT2D eigenvalue weighted by Crippen LogP contribution is -2.54. The van der Waals surface area contributed by atoms with E-state index in [4.69, 9.17) is 17.2 Å². The highest BCUT2D eigenvalue weighted by Crippen LogP contribution is 2.58. The summed E-state index contributed by atoms with van der Waals surface area (Å²) in [6, 6.07) is 11.4. The fraction of sp³-hybridized carbons (Fsp3) is 0.733. The number of amidine groups is 1. The summed E-state index contributed by atoms with van der Waals surface area (Å²) in [7, 11) is 0. The number of rotatable bonds is 3. The van der Waals surface area contributed by atoms with E-state index in [2.05, 4.69) is 40.1 Å². The average Bonchev–Trinajstić information content (AvgIpc) is 3.06. The van der Waals surface area contributed by atoms with Crippen molar-refractivity contribution in [3.05, 3.63) is 30.3 Å². The van der Waals surface area contributed by atoms with Gasteiger partial charge in [0.2, 0.25) is 0 Å². The molecule has 1 aromatic carbocycles. The lowest BCUT2D eigenvalue weighted by Gasteiger charge is -2.55. The molecule has 182 valence electrons. The van der Waals surface area contributed by atoms with Gasteiger partial charge in [-0.05, 0) is 107 Å². The predicted octanol–water partition coefficient (Wildman–Crippen LogP) is 7.01. The van der Waals surface area contributed by atoms with Crippen molar-refractivity contribution in [3.63, 3.8) is 0 Å². The summed E-state index contributed by atoms with van der Waals surface area (Å²) < 4.78 is 0. The fourth-order valence-electron chi connectivity index (χ4n) is 9.55. The molecule has 8 rings (SSSR count). The Morgan fingerprint density at radius 2 is 1.35 bits per heavy atom. The van der Waals surface area contributed by atoms with Gasteiger partial charge in [-0.15, -0.1) is 0 Å². The van der Waals surface area contributed by atoms with Crippen LogP contribution in [-0.2, 0) is 0 Å². The minimum Gasteiger partial charge on any atom is -0.293 e. The molecule has 1 spiro atoms. The lowest BCUT2D eigenvalue weighted by molar-refractivity contribution is 0.000981. The van der Waals surface area contributed by atoms with Crippen molar-refractivity contribution in [1.82, 2.24) is 4.90 Å². The fourth-order valence-corrected chi connectivity index (χ4v) is 10.1. The highest BCUT2D eigenvalue weighted by Gasteiger charge is 2.59. The largest absolute Gasteiger partial charge is 0.293 e. The number of hydrogen-bond acceptors (Lipinski definition) is 3. The van der Waals surface area contributed by atoms with Gasteiger partial charge in [-0.3, -0.25) is 14.8 Å². The van der Waals surface area contributed by atoms with Gasteiger partial charge in [0, 0.05) is 11.1 Å². The summed E-state index contributed by atoms with van der Waals surface area (Å²) >= 11 is 6.51. The SMILES string of the molecule is S=C1N(c2ccccc2)C(=NC23CC4CC(CC(C4)C2)C3)C(N2CCCCC2)C12CCCCC2. The monoisotopic (exact) mass is 475 g/mol. The van der Waals surface area contributed by atoms with Gasteiger partial charge in [0.25, 0.3) is 0 Å². The number of benzene rings is 1. The van der Waals surface area contributed by atoms with Crippen LogP contribution in [0.5, 0.6) is 0 Å². The first-order valence-corrected chi connectivity index (χ1v) is 14.8. The van der Waals surface area contributed by atoms with Crippen LogP contribution in [0.2, 0.25) is 0 Å². The molecule has 34 heavy (non-hydrogen) atoms. The van der Waals surface area contributed by atoms with Gasteiger partial charge in [0.15, 0.2) is 0 Å². The molecule has 0 amide bonds. The third kappa shape index (κ3) is 3.45. The van der Waals surface area contributed by atoms with E-state index in [9.17, 15) is 0 Å². The van der Waals surface area contributed by atoms with Crippen LogP contribution in [0.3, 0.4) is 0 Å². The summed E-state index contributed by atoms with van der Waals surface area (Å²) in [6.45, 7) is 2.44. The maximum Gasteiger partial charge on any atom is 0.127 e. The second-order valence-electron chi connectivity index (χ2n) is 12.8. The van der Waals surface area contributed by atoms with E-state index < -0.39 is 0 Å². The van der Waals surface area contributed by atoms with Crippen molar-refractivity contribution >= 4 is 28.7 Å². The van der Waals surface area contributed by atoms with Gasteiger partial charge in [0.1, 0.15) is 5.84 Å². The first-order valence-electron chi connectivity index (χ1n) is 14.4. The molecule has 4 bridgehead atoms. The van der Waals surface area contributed by atoms with Crippen LogP contribution in [0.1, 0.15) is 89.9 Å². The molecule has 0 aromatic heterocycles. The zero-order chi connectivity index (χ0) is 22.8. The molecule has 7 fully saturated rings. The number of thiocarbonyl (C=S) groups is 1. The summed E-state index contributed by atoms with van der Waals surface area (Å²) in [5, 5.41) is 0. The third-order valence-corrected chi connectivity index (χ3v) is 11.1. The van der Waals surface area contributed by atoms with Gasteiger partial charge in [-0.1, -0.05) is 56.1 Å². The quantitative estimate of drug-likeness (QED) is 0.438. The molecule has 7 aliphatic rings. The Morgan fingerprint density at radius 3 is 1.97 bits per heavy atom. The molecular weight excluding hydrogens is 434 g/mol. The lowest BCUT2D eigenvalue weighted by atomic mass is 9.53. The Hall–Kier alpha value is -1.26. The van der Waals surface area contributed by atoms with E-state index in [1.807, 2.05) is 0 Å². The number of hydrogen-bond donors (Lipinski definition) is 0. The van der Waals surface area contributed by atoms with Crippen molar-refractivity contribution in [2.45, 2.75) is 101 Å². The van der Waals surface area contributed by atoms with E-state index >= 15 is 0 Å². The third-order valence-electron chi connectivity index (χ3n) is 10.5. The molecule has 1 atom stereocenters. The minimum absolute atomic E-state index is 0.0991. The zero-order valence-corrected chi connectivity index (χ0v) is 21.6. The molecule has 5 saturated carbocycles. The van der Waals surface area contributed by atoms with E-state index in [1.54, 1.807) is 0 Å². The Labute approximate surface area is 211 Å². The minimum atomic E-state index is 0.0991. The van der Waals surface area contributed by atoms with Crippen molar-refractivity contribution < 1.29 is 0 Å². The van der Waals surface area contributed by atoms with Gasteiger partial charge < -0.3 is 0 Å². The summed E-state index contributed by atoms with van der Waals surface area (Å²) in [5.41, 5.74) is 1.53. The van der Waals surface area contributed by atoms with Crippen LogP contribution >= 0.6 is 12.2 Å². The summed E-state index contributed by atoms with van der Waals surface area (Å²) in [5.74, 6) is 4.12. The van der Waals surface area contributed by atoms with Crippen molar-refractivity contribution in [3.8, 4) is 0 Å². The van der Waals surface area contributed by atoms with Crippen LogP contribution in [0.4, 0.5) is 5.69 Å². The first kappa shape index (κ1) is 22.0. The molecule has 1 aromatic rings. The van der Waals surface area contributed by atoms with Gasteiger partial charge in [-0.25, -0.2) is 0 Å². The van der Waals surface area contributed by atoms with Crippen LogP contribution < -0.4 is 4.90 Å². The number of nitrogens with zero attached hydrogens (tertiary/aromatic N) is 3. The van der Waals surface area contributed by atoms with Crippen molar-refractivity contribution in [1.29, 1.82) is 0 Å². The molecule has 4 heteroatoms. The molecule has 0 N–H and O–H groups in total. The van der Waals surface area contributed by atoms with Crippen LogP contribution in [0, 0.1) is 23.2 Å². The molecule has 2 aliphatic heterocycles. The standard InChI is InChI=1S/C30H41N3S/c34-28-30(12-6-2-7-13-30)26(32-14-8-3-9-15-32)27(33(28)25-10-4-1-5-11-25)31-29-19-22-16-23(20-29)18-24(17-22)21-29/h1,4-5,10-11,22-24,26H,2-3,6-9,12-21H2. The Kier molecular flexibility index (Phi) is 5.43. The van der Waals surface area contributed by atoms with Gasteiger partial charge in [-0.2, -0.15) is 0 Å². The zero-order valence-electron chi connectivity index (χ0n) is 20.8. The Balaban J connectivity index is 1.38. The molecule has 3 nitrogen and oxygen atoms in total. The topological polar surface area (TPSA) is 18.8 Å². The molecule has 1 unspecified atom stereocenters. The molecule has 5 aliphatic carbocycles. The number of anilines is 1. The number of likely N-dealkylation sites (tertiary alicyclic amines) is 1. The number of piperidine rings is 1. The molecule has 2 heterocycles. The molecular formula is C30H41N3S. The van der Waals surface area contributed by atoms with Gasteiger partial charge >= 0.3 is 0 Å². The smallest absolute Gasteiger partial charge is 0.127 e. The first-order chi connectivity index (χ1) is 16.7. The summed E-state index contributed by atoms with van der Waals surface area (Å²) in [6.07, 6.45) is 19.0. The second-order valence-corrected chi connectivity index (χ2v) is 13.2. The van der Waals surface area contributed by atoms with E-state index in [1.165, 1.54) is 119 Å². The van der Waals surface area contributed by atoms with E-state index in [-0.39, 0.29) is 11.0 Å². The van der Waals surface area contributed by atoms with Crippen molar-refractivity contribution in [2.24, 2.45) is 28.2 Å². The maximum absolute atomic E-state index is 6.51. The van der Waals surface area contributed by atoms with Crippen molar-refractivity contribution in [2.75, 3.05) is 18.0 Å².